The number of nitrogens with zero attached hydrogens (tertiary/aromatic N) is 3. The lowest BCUT2D eigenvalue weighted by molar-refractivity contribution is -0.0607. The molecule has 0 spiro atoms. The highest BCUT2D eigenvalue weighted by Crippen LogP contribution is 2.25. The number of benzene rings is 1. The molecule has 158 valence electrons. The number of hydrogen-bond acceptors (Lipinski definition) is 4. The van der Waals surface area contributed by atoms with Crippen LogP contribution < -0.4 is 5.32 Å². The molecule has 0 aliphatic carbocycles. The van der Waals surface area contributed by atoms with Crippen LogP contribution in [0.5, 0.6) is 0 Å². The van der Waals surface area contributed by atoms with Crippen molar-refractivity contribution in [1.29, 1.82) is 0 Å². The maximum atomic E-state index is 13.2. The Morgan fingerprint density at radius 1 is 1.25 bits per heavy atom. The van der Waals surface area contributed by atoms with E-state index in [1.807, 2.05) is 0 Å². The molecule has 8 heteroatoms. The Balaban J connectivity index is 0.00000280. The van der Waals surface area contributed by atoms with Gasteiger partial charge in [0.25, 0.3) is 0 Å². The smallest absolute Gasteiger partial charge is 0.194 e. The SMILES string of the molecule is CCNC(=NCC1CN(C)CCO1)N1CC(C)OC(c2ccc(F)cc2)C1.I. The minimum absolute atomic E-state index is 0. The van der Waals surface area contributed by atoms with E-state index in [1.165, 1.54) is 12.1 Å². The minimum atomic E-state index is -0.230. The number of rotatable bonds is 4. The van der Waals surface area contributed by atoms with Crippen LogP contribution in [0.1, 0.15) is 25.5 Å². The topological polar surface area (TPSA) is 49.3 Å². The van der Waals surface area contributed by atoms with Crippen LogP contribution in [-0.2, 0) is 9.47 Å². The van der Waals surface area contributed by atoms with E-state index >= 15 is 0 Å². The molecule has 3 rings (SSSR count). The normalized spacial score (nSPS) is 26.6. The second-order valence-electron chi connectivity index (χ2n) is 7.34. The van der Waals surface area contributed by atoms with E-state index in [0.29, 0.717) is 13.1 Å². The summed E-state index contributed by atoms with van der Waals surface area (Å²) in [4.78, 5) is 9.35. The van der Waals surface area contributed by atoms with Gasteiger partial charge in [0.2, 0.25) is 0 Å². The summed E-state index contributed by atoms with van der Waals surface area (Å²) >= 11 is 0. The lowest BCUT2D eigenvalue weighted by Crippen LogP contribution is -2.51. The molecule has 2 saturated heterocycles. The average Bonchev–Trinajstić information content (AvgIpc) is 2.65. The van der Waals surface area contributed by atoms with Crippen molar-refractivity contribution in [2.24, 2.45) is 4.99 Å². The number of morpholine rings is 2. The van der Waals surface area contributed by atoms with Crippen molar-refractivity contribution >= 4 is 29.9 Å². The third-order valence-electron chi connectivity index (χ3n) is 4.92. The summed E-state index contributed by atoms with van der Waals surface area (Å²) in [6.07, 6.45) is 0.0914. The van der Waals surface area contributed by atoms with E-state index in [-0.39, 0.29) is 48.1 Å². The van der Waals surface area contributed by atoms with Gasteiger partial charge in [-0.1, -0.05) is 12.1 Å². The quantitative estimate of drug-likeness (QED) is 0.387. The largest absolute Gasteiger partial charge is 0.374 e. The Labute approximate surface area is 184 Å². The van der Waals surface area contributed by atoms with Crippen LogP contribution >= 0.6 is 24.0 Å². The third kappa shape index (κ3) is 6.53. The molecule has 0 aromatic heterocycles. The van der Waals surface area contributed by atoms with Crippen molar-refractivity contribution in [3.8, 4) is 0 Å². The number of ether oxygens (including phenoxy) is 2. The molecule has 0 amide bonds. The molecule has 3 atom stereocenters. The molecule has 28 heavy (non-hydrogen) atoms. The van der Waals surface area contributed by atoms with Gasteiger partial charge < -0.3 is 24.6 Å². The van der Waals surface area contributed by atoms with E-state index in [9.17, 15) is 4.39 Å². The van der Waals surface area contributed by atoms with Gasteiger partial charge in [-0.05, 0) is 38.6 Å². The maximum Gasteiger partial charge on any atom is 0.194 e. The molecular formula is C20H32FIN4O2. The average molecular weight is 506 g/mol. The van der Waals surface area contributed by atoms with Crippen molar-refractivity contribution < 1.29 is 13.9 Å². The second-order valence-corrected chi connectivity index (χ2v) is 7.34. The van der Waals surface area contributed by atoms with Crippen LogP contribution in [0, 0.1) is 5.82 Å². The fraction of sp³-hybridized carbons (Fsp3) is 0.650. The van der Waals surface area contributed by atoms with E-state index in [0.717, 1.165) is 44.3 Å². The van der Waals surface area contributed by atoms with Gasteiger partial charge in [0, 0.05) is 26.2 Å². The number of guanidine groups is 1. The zero-order valence-corrected chi connectivity index (χ0v) is 19.3. The number of aliphatic imine (C=N–C) groups is 1. The monoisotopic (exact) mass is 506 g/mol. The Kier molecular flexibility index (Phi) is 9.39. The fourth-order valence-electron chi connectivity index (χ4n) is 3.58. The van der Waals surface area contributed by atoms with Crippen LogP contribution in [-0.4, -0.2) is 80.9 Å². The number of halogens is 2. The predicted octanol–water partition coefficient (Wildman–Crippen LogP) is 2.50. The van der Waals surface area contributed by atoms with Crippen LogP contribution in [0.4, 0.5) is 4.39 Å². The summed E-state index contributed by atoms with van der Waals surface area (Å²) in [5, 5.41) is 3.40. The van der Waals surface area contributed by atoms with E-state index in [2.05, 4.69) is 36.0 Å². The highest BCUT2D eigenvalue weighted by Gasteiger charge is 2.28. The molecule has 0 radical (unpaired) electrons. The van der Waals surface area contributed by atoms with Gasteiger partial charge in [-0.3, -0.25) is 4.99 Å². The first kappa shape index (κ1) is 23.3. The summed E-state index contributed by atoms with van der Waals surface area (Å²) in [6, 6.07) is 6.56. The predicted molar refractivity (Wildman–Crippen MR) is 120 cm³/mol. The second kappa shape index (κ2) is 11.3. The Hall–Kier alpha value is -0.970. The molecule has 2 fully saturated rings. The van der Waals surface area contributed by atoms with Gasteiger partial charge >= 0.3 is 0 Å². The molecule has 2 heterocycles. The van der Waals surface area contributed by atoms with Crippen molar-refractivity contribution in [3.05, 3.63) is 35.6 Å². The molecule has 6 nitrogen and oxygen atoms in total. The van der Waals surface area contributed by atoms with Gasteiger partial charge in [0.15, 0.2) is 5.96 Å². The van der Waals surface area contributed by atoms with Gasteiger partial charge in [-0.15, -0.1) is 24.0 Å². The van der Waals surface area contributed by atoms with Crippen LogP contribution in [0.2, 0.25) is 0 Å². The summed E-state index contributed by atoms with van der Waals surface area (Å²) < 4.78 is 25.2. The highest BCUT2D eigenvalue weighted by molar-refractivity contribution is 14.0. The van der Waals surface area contributed by atoms with Gasteiger partial charge in [-0.2, -0.15) is 0 Å². The molecule has 2 aliphatic rings. The minimum Gasteiger partial charge on any atom is -0.374 e. The van der Waals surface area contributed by atoms with Crippen LogP contribution in [0.3, 0.4) is 0 Å². The first-order valence-corrected chi connectivity index (χ1v) is 9.79. The van der Waals surface area contributed by atoms with Gasteiger partial charge in [-0.25, -0.2) is 4.39 Å². The van der Waals surface area contributed by atoms with Gasteiger partial charge in [0.1, 0.15) is 11.9 Å². The molecular weight excluding hydrogens is 474 g/mol. The summed E-state index contributed by atoms with van der Waals surface area (Å²) in [7, 11) is 2.11. The summed E-state index contributed by atoms with van der Waals surface area (Å²) in [5.74, 6) is 0.656. The van der Waals surface area contributed by atoms with E-state index < -0.39 is 0 Å². The molecule has 1 N–H and O–H groups in total. The molecule has 2 aliphatic heterocycles. The zero-order valence-electron chi connectivity index (χ0n) is 16.9. The Bertz CT molecular complexity index is 631. The molecule has 1 aromatic rings. The van der Waals surface area contributed by atoms with Gasteiger partial charge in [0.05, 0.1) is 31.9 Å². The number of hydrogen-bond donors (Lipinski definition) is 1. The maximum absolute atomic E-state index is 13.2. The summed E-state index contributed by atoms with van der Waals surface area (Å²) in [6.45, 7) is 9.67. The molecule has 3 unspecified atom stereocenters. The number of likely N-dealkylation sites (N-methyl/N-ethyl adjacent to an activating group) is 1. The standard InChI is InChI=1S/C20H31FN4O2.HI/c1-4-22-20(23-11-18-13-24(3)9-10-26-18)25-12-15(2)27-19(14-25)16-5-7-17(21)8-6-16;/h5-8,15,18-19H,4,9-14H2,1-3H3,(H,22,23);1H. The molecule has 0 saturated carbocycles. The number of nitrogens with one attached hydrogen (secondary N) is 1. The lowest BCUT2D eigenvalue weighted by Gasteiger charge is -2.39. The molecule has 1 aromatic carbocycles. The highest BCUT2D eigenvalue weighted by atomic mass is 127. The van der Waals surface area contributed by atoms with E-state index in [1.54, 1.807) is 12.1 Å². The van der Waals surface area contributed by atoms with Crippen molar-refractivity contribution in [2.75, 3.05) is 52.9 Å². The van der Waals surface area contributed by atoms with Crippen molar-refractivity contribution in [1.82, 2.24) is 15.1 Å². The fourth-order valence-corrected chi connectivity index (χ4v) is 3.58. The van der Waals surface area contributed by atoms with E-state index in [4.69, 9.17) is 14.5 Å². The lowest BCUT2D eigenvalue weighted by atomic mass is 10.1. The Morgan fingerprint density at radius 2 is 2.00 bits per heavy atom. The zero-order chi connectivity index (χ0) is 19.2. The van der Waals surface area contributed by atoms with Crippen LogP contribution in [0.25, 0.3) is 0 Å². The first-order valence-electron chi connectivity index (χ1n) is 9.79. The van der Waals surface area contributed by atoms with Crippen molar-refractivity contribution in [2.45, 2.75) is 32.2 Å². The van der Waals surface area contributed by atoms with Crippen molar-refractivity contribution in [3.63, 3.8) is 0 Å². The first-order chi connectivity index (χ1) is 13.0. The Morgan fingerprint density at radius 3 is 2.68 bits per heavy atom. The third-order valence-corrected chi connectivity index (χ3v) is 4.92. The van der Waals surface area contributed by atoms with Crippen LogP contribution in [0.15, 0.2) is 29.3 Å². The summed E-state index contributed by atoms with van der Waals surface area (Å²) in [5.41, 5.74) is 0.987. The molecule has 0 bridgehead atoms.